The summed E-state index contributed by atoms with van der Waals surface area (Å²) >= 11 is 0. The maximum absolute atomic E-state index is 12.5. The highest BCUT2D eigenvalue weighted by molar-refractivity contribution is 6.48. The molecule has 3 rings (SSSR count). The van der Waals surface area contributed by atoms with Crippen LogP contribution >= 0.6 is 0 Å². The Balaban J connectivity index is 1.85. The van der Waals surface area contributed by atoms with Crippen molar-refractivity contribution in [3.63, 3.8) is 0 Å². The summed E-state index contributed by atoms with van der Waals surface area (Å²) in [6, 6.07) is 13.8. The van der Waals surface area contributed by atoms with E-state index in [1.807, 2.05) is 18.2 Å². The number of aryl methyl sites for hydroxylation is 1. The van der Waals surface area contributed by atoms with Crippen molar-refractivity contribution in [2.75, 3.05) is 5.32 Å². The van der Waals surface area contributed by atoms with Crippen LogP contribution in [-0.2, 0) is 4.79 Å². The molecule has 1 amide bonds. The summed E-state index contributed by atoms with van der Waals surface area (Å²) in [6.45, 7) is 3.24. The van der Waals surface area contributed by atoms with Crippen LogP contribution in [0.1, 0.15) is 33.3 Å². The van der Waals surface area contributed by atoms with Crippen LogP contribution in [0, 0.1) is 6.92 Å². The first-order chi connectivity index (χ1) is 11.5. The van der Waals surface area contributed by atoms with Crippen LogP contribution in [0.25, 0.3) is 10.9 Å². The van der Waals surface area contributed by atoms with Crippen molar-refractivity contribution in [3.8, 4) is 0 Å². The molecule has 0 fully saturated rings. The van der Waals surface area contributed by atoms with Gasteiger partial charge < -0.3 is 10.3 Å². The van der Waals surface area contributed by atoms with Gasteiger partial charge in [-0.3, -0.25) is 14.4 Å². The number of carbonyl (C=O) groups excluding carboxylic acids is 3. The fourth-order valence-corrected chi connectivity index (χ4v) is 2.66. The molecular formula is C19H16N2O3. The van der Waals surface area contributed by atoms with Crippen molar-refractivity contribution in [3.05, 3.63) is 65.4 Å². The van der Waals surface area contributed by atoms with E-state index in [0.717, 1.165) is 10.9 Å². The lowest BCUT2D eigenvalue weighted by Crippen LogP contribution is -2.23. The third kappa shape index (κ3) is 2.84. The number of Topliss-reactive ketones (excluding diaryl/α,β-unsaturated/α-hetero) is 2. The van der Waals surface area contributed by atoms with Gasteiger partial charge in [0.05, 0.1) is 5.56 Å². The van der Waals surface area contributed by atoms with E-state index in [4.69, 9.17) is 0 Å². The maximum Gasteiger partial charge on any atom is 0.296 e. The number of anilines is 1. The zero-order chi connectivity index (χ0) is 17.3. The number of fused-ring (bicyclic) bond motifs is 1. The second kappa shape index (κ2) is 6.12. The molecule has 0 aliphatic carbocycles. The summed E-state index contributed by atoms with van der Waals surface area (Å²) in [5.41, 5.74) is 2.87. The predicted molar refractivity (Wildman–Crippen MR) is 92.4 cm³/mol. The monoisotopic (exact) mass is 320 g/mol. The topological polar surface area (TPSA) is 79.0 Å². The number of carbonyl (C=O) groups is 3. The highest BCUT2D eigenvalue weighted by Gasteiger charge is 2.22. The van der Waals surface area contributed by atoms with Crippen LogP contribution in [0.5, 0.6) is 0 Å². The number of H-pyrrole nitrogens is 1. The Morgan fingerprint density at radius 1 is 0.958 bits per heavy atom. The Labute approximate surface area is 138 Å². The van der Waals surface area contributed by atoms with Gasteiger partial charge >= 0.3 is 0 Å². The molecule has 0 bridgehead atoms. The summed E-state index contributed by atoms with van der Waals surface area (Å²) in [7, 11) is 0. The molecule has 0 spiro atoms. The summed E-state index contributed by atoms with van der Waals surface area (Å²) in [4.78, 5) is 39.2. The molecule has 0 saturated carbocycles. The Morgan fingerprint density at radius 3 is 2.29 bits per heavy atom. The number of aromatic nitrogens is 1. The normalized spacial score (nSPS) is 10.6. The lowest BCUT2D eigenvalue weighted by molar-refractivity contribution is -0.112. The molecule has 2 N–H and O–H groups in total. The molecule has 0 aliphatic rings. The largest absolute Gasteiger partial charge is 0.358 e. The molecule has 5 nitrogen and oxygen atoms in total. The molecule has 1 heterocycles. The molecule has 0 unspecified atom stereocenters. The Kier molecular flexibility index (Phi) is 4.00. The van der Waals surface area contributed by atoms with Crippen molar-refractivity contribution in [2.24, 2.45) is 0 Å². The van der Waals surface area contributed by atoms with Gasteiger partial charge in [-0.05, 0) is 44.2 Å². The lowest BCUT2D eigenvalue weighted by Gasteiger charge is -2.05. The van der Waals surface area contributed by atoms with Crippen molar-refractivity contribution >= 4 is 34.1 Å². The highest BCUT2D eigenvalue weighted by atomic mass is 16.2. The van der Waals surface area contributed by atoms with E-state index in [9.17, 15) is 14.4 Å². The minimum absolute atomic E-state index is 0.0571. The SMILES string of the molecule is CC(=O)c1ccc(NC(=O)C(=O)c2c(C)[nH]c3ccccc23)cc1. The first-order valence-electron chi connectivity index (χ1n) is 7.51. The minimum atomic E-state index is -0.710. The van der Waals surface area contributed by atoms with Gasteiger partial charge in [0.1, 0.15) is 0 Å². The minimum Gasteiger partial charge on any atom is -0.358 e. The van der Waals surface area contributed by atoms with Gasteiger partial charge in [-0.15, -0.1) is 0 Å². The molecule has 0 atom stereocenters. The van der Waals surface area contributed by atoms with Crippen molar-refractivity contribution < 1.29 is 14.4 Å². The van der Waals surface area contributed by atoms with Gasteiger partial charge in [0.2, 0.25) is 0 Å². The number of amides is 1. The third-order valence-corrected chi connectivity index (χ3v) is 3.88. The molecule has 2 aromatic carbocycles. The number of rotatable bonds is 4. The molecule has 5 heteroatoms. The van der Waals surface area contributed by atoms with Crippen LogP contribution in [0.2, 0.25) is 0 Å². The van der Waals surface area contributed by atoms with Gasteiger partial charge in [-0.1, -0.05) is 18.2 Å². The first kappa shape index (κ1) is 15.7. The molecule has 3 aromatic rings. The van der Waals surface area contributed by atoms with E-state index in [2.05, 4.69) is 10.3 Å². The van der Waals surface area contributed by atoms with Crippen molar-refractivity contribution in [1.82, 2.24) is 4.98 Å². The Hall–Kier alpha value is -3.21. The maximum atomic E-state index is 12.5. The van der Waals surface area contributed by atoms with Crippen LogP contribution < -0.4 is 5.32 Å². The quantitative estimate of drug-likeness (QED) is 0.570. The molecule has 24 heavy (non-hydrogen) atoms. The van der Waals surface area contributed by atoms with Crippen LogP contribution in [-0.4, -0.2) is 22.5 Å². The second-order valence-electron chi connectivity index (χ2n) is 5.59. The van der Waals surface area contributed by atoms with Gasteiger partial charge in [0.25, 0.3) is 11.7 Å². The van der Waals surface area contributed by atoms with E-state index >= 15 is 0 Å². The molecule has 1 aromatic heterocycles. The number of nitrogens with one attached hydrogen (secondary N) is 2. The van der Waals surface area contributed by atoms with Gasteiger partial charge in [0, 0.05) is 27.8 Å². The van der Waals surface area contributed by atoms with Crippen molar-refractivity contribution in [2.45, 2.75) is 13.8 Å². The lowest BCUT2D eigenvalue weighted by atomic mass is 10.1. The van der Waals surface area contributed by atoms with Gasteiger partial charge in [0.15, 0.2) is 5.78 Å². The van der Waals surface area contributed by atoms with Crippen molar-refractivity contribution in [1.29, 1.82) is 0 Å². The average Bonchev–Trinajstić information content (AvgIpc) is 2.90. The first-order valence-corrected chi connectivity index (χ1v) is 7.51. The summed E-state index contributed by atoms with van der Waals surface area (Å²) in [5.74, 6) is -1.36. The summed E-state index contributed by atoms with van der Waals surface area (Å²) in [5, 5.41) is 3.30. The zero-order valence-electron chi connectivity index (χ0n) is 13.3. The number of benzene rings is 2. The molecule has 120 valence electrons. The zero-order valence-corrected chi connectivity index (χ0v) is 13.3. The number of hydrogen-bond donors (Lipinski definition) is 2. The van der Waals surface area contributed by atoms with Crippen LogP contribution in [0.3, 0.4) is 0 Å². The molecule has 0 radical (unpaired) electrons. The molecule has 0 saturated heterocycles. The molecule has 0 aliphatic heterocycles. The molecular weight excluding hydrogens is 304 g/mol. The van der Waals surface area contributed by atoms with E-state index in [1.165, 1.54) is 6.92 Å². The fourth-order valence-electron chi connectivity index (χ4n) is 2.66. The fraction of sp³-hybridized carbons (Fsp3) is 0.105. The Bertz CT molecular complexity index is 952. The van der Waals surface area contributed by atoms with E-state index in [0.29, 0.717) is 22.5 Å². The summed E-state index contributed by atoms with van der Waals surface area (Å²) in [6.07, 6.45) is 0. The second-order valence-corrected chi connectivity index (χ2v) is 5.59. The number of ketones is 2. The Morgan fingerprint density at radius 2 is 1.62 bits per heavy atom. The third-order valence-electron chi connectivity index (χ3n) is 3.88. The highest BCUT2D eigenvalue weighted by Crippen LogP contribution is 2.22. The number of aromatic amines is 1. The van der Waals surface area contributed by atoms with E-state index in [1.54, 1.807) is 37.3 Å². The smallest absolute Gasteiger partial charge is 0.296 e. The van der Waals surface area contributed by atoms with E-state index < -0.39 is 11.7 Å². The van der Waals surface area contributed by atoms with Crippen LogP contribution in [0.15, 0.2) is 48.5 Å². The van der Waals surface area contributed by atoms with Gasteiger partial charge in [-0.2, -0.15) is 0 Å². The van der Waals surface area contributed by atoms with Gasteiger partial charge in [-0.25, -0.2) is 0 Å². The van der Waals surface area contributed by atoms with E-state index in [-0.39, 0.29) is 5.78 Å². The number of para-hydroxylation sites is 1. The van der Waals surface area contributed by atoms with Crippen LogP contribution in [0.4, 0.5) is 5.69 Å². The number of hydrogen-bond acceptors (Lipinski definition) is 3. The average molecular weight is 320 g/mol. The predicted octanol–water partition coefficient (Wildman–Crippen LogP) is 3.50. The summed E-state index contributed by atoms with van der Waals surface area (Å²) < 4.78 is 0. The standard InChI is InChI=1S/C19H16N2O3/c1-11-17(15-5-3-4-6-16(15)20-11)18(23)19(24)21-14-9-7-13(8-10-14)12(2)22/h3-10,20H,1-2H3,(H,21,24).